The minimum atomic E-state index is -0.782. The second-order valence-corrected chi connectivity index (χ2v) is 22.0. The van der Waals surface area contributed by atoms with E-state index in [0.29, 0.717) is 19.3 Å². The fraction of sp³-hybridized carbons (Fsp3) is 0.786. The van der Waals surface area contributed by atoms with Gasteiger partial charge in [0.15, 0.2) is 6.10 Å². The lowest BCUT2D eigenvalue weighted by atomic mass is 10.0. The molecule has 0 aliphatic heterocycles. The molecule has 0 bridgehead atoms. The van der Waals surface area contributed by atoms with E-state index in [1.165, 1.54) is 186 Å². The highest BCUT2D eigenvalue weighted by atomic mass is 16.6. The van der Waals surface area contributed by atoms with Crippen molar-refractivity contribution in [1.29, 1.82) is 0 Å². The topological polar surface area (TPSA) is 78.9 Å². The number of ether oxygens (including phenoxy) is 3. The third-order valence-electron chi connectivity index (χ3n) is 14.4. The lowest BCUT2D eigenvalue weighted by molar-refractivity contribution is -0.167. The highest BCUT2D eigenvalue weighted by molar-refractivity contribution is 5.71. The Bertz CT molecular complexity index is 1400. The summed E-state index contributed by atoms with van der Waals surface area (Å²) in [7, 11) is 0. The molecule has 0 radical (unpaired) electrons. The number of rotatable bonds is 60. The van der Waals surface area contributed by atoms with Crippen LogP contribution in [0.5, 0.6) is 0 Å². The monoisotopic (exact) mass is 1060 g/mol. The number of hydrogen-bond acceptors (Lipinski definition) is 6. The van der Waals surface area contributed by atoms with Crippen LogP contribution in [0, 0.1) is 0 Å². The zero-order valence-corrected chi connectivity index (χ0v) is 50.5. The van der Waals surface area contributed by atoms with Crippen molar-refractivity contribution in [3.63, 3.8) is 0 Å². The van der Waals surface area contributed by atoms with Crippen LogP contribution in [0.15, 0.2) is 72.9 Å². The largest absolute Gasteiger partial charge is 0.462 e. The fourth-order valence-electron chi connectivity index (χ4n) is 9.53. The van der Waals surface area contributed by atoms with Gasteiger partial charge in [0, 0.05) is 19.3 Å². The summed E-state index contributed by atoms with van der Waals surface area (Å²) in [5, 5.41) is 0. The average Bonchev–Trinajstić information content (AvgIpc) is 3.42. The molecule has 0 amide bonds. The summed E-state index contributed by atoms with van der Waals surface area (Å²) in [6.07, 6.45) is 83.4. The number of unbranched alkanes of at least 4 members (excludes halogenated alkanes) is 37. The van der Waals surface area contributed by atoms with E-state index in [9.17, 15) is 14.4 Å². The normalized spacial score (nSPS) is 12.5. The first-order chi connectivity index (χ1) is 37.5. The van der Waals surface area contributed by atoms with Gasteiger partial charge in [0.25, 0.3) is 0 Å². The first-order valence-corrected chi connectivity index (χ1v) is 32.9. The molecule has 0 fully saturated rings. The molecule has 0 aromatic carbocycles. The second kappa shape index (κ2) is 64.4. The van der Waals surface area contributed by atoms with Crippen molar-refractivity contribution in [2.24, 2.45) is 0 Å². The van der Waals surface area contributed by atoms with Crippen LogP contribution in [0.25, 0.3) is 0 Å². The molecule has 6 nitrogen and oxygen atoms in total. The number of allylic oxidation sites excluding steroid dienone is 12. The Morgan fingerprint density at radius 3 is 0.855 bits per heavy atom. The maximum atomic E-state index is 12.9. The first kappa shape index (κ1) is 72.8. The molecule has 0 aliphatic carbocycles. The molecule has 1 unspecified atom stereocenters. The Morgan fingerprint density at radius 1 is 0.276 bits per heavy atom. The summed E-state index contributed by atoms with van der Waals surface area (Å²) < 4.78 is 16.9. The molecular formula is C70H124O6. The molecule has 76 heavy (non-hydrogen) atoms. The van der Waals surface area contributed by atoms with Crippen LogP contribution in [0.4, 0.5) is 0 Å². The second-order valence-electron chi connectivity index (χ2n) is 22.0. The zero-order valence-electron chi connectivity index (χ0n) is 50.5. The molecule has 0 rings (SSSR count). The number of hydrogen-bond donors (Lipinski definition) is 0. The van der Waals surface area contributed by atoms with E-state index in [1.54, 1.807) is 0 Å². The van der Waals surface area contributed by atoms with Crippen molar-refractivity contribution < 1.29 is 28.6 Å². The van der Waals surface area contributed by atoms with E-state index in [1.807, 2.05) is 0 Å². The van der Waals surface area contributed by atoms with Gasteiger partial charge in [-0.1, -0.05) is 306 Å². The van der Waals surface area contributed by atoms with Gasteiger partial charge in [-0.3, -0.25) is 14.4 Å². The maximum Gasteiger partial charge on any atom is 0.306 e. The van der Waals surface area contributed by atoms with E-state index in [4.69, 9.17) is 14.2 Å². The summed E-state index contributed by atoms with van der Waals surface area (Å²) in [4.78, 5) is 38.3. The van der Waals surface area contributed by atoms with E-state index < -0.39 is 6.10 Å². The molecule has 0 spiro atoms. The Kier molecular flexibility index (Phi) is 61.7. The number of carbonyl (C=O) groups is 3. The third kappa shape index (κ3) is 61.7. The van der Waals surface area contributed by atoms with Gasteiger partial charge in [-0.05, 0) is 83.5 Å². The summed E-state index contributed by atoms with van der Waals surface area (Å²) in [5.41, 5.74) is 0. The van der Waals surface area contributed by atoms with Crippen molar-refractivity contribution in [3.8, 4) is 0 Å². The van der Waals surface area contributed by atoms with Crippen LogP contribution in [0.3, 0.4) is 0 Å². The van der Waals surface area contributed by atoms with Gasteiger partial charge < -0.3 is 14.2 Å². The molecule has 0 saturated carbocycles. The maximum absolute atomic E-state index is 12.9. The Morgan fingerprint density at radius 2 is 0.539 bits per heavy atom. The fourth-order valence-corrected chi connectivity index (χ4v) is 9.53. The quantitative estimate of drug-likeness (QED) is 0.0261. The summed E-state index contributed by atoms with van der Waals surface area (Å²) in [6, 6.07) is 0. The van der Waals surface area contributed by atoms with E-state index in [0.717, 1.165) is 109 Å². The Balaban J connectivity index is 4.30. The van der Waals surface area contributed by atoms with Gasteiger partial charge >= 0.3 is 17.9 Å². The molecule has 0 aromatic rings. The van der Waals surface area contributed by atoms with E-state index >= 15 is 0 Å². The molecule has 1 atom stereocenters. The Hall–Kier alpha value is -3.15. The molecule has 0 aromatic heterocycles. The van der Waals surface area contributed by atoms with Gasteiger partial charge in [0.05, 0.1) is 0 Å². The van der Waals surface area contributed by atoms with Crippen molar-refractivity contribution in [2.45, 2.75) is 341 Å². The minimum absolute atomic E-state index is 0.0792. The van der Waals surface area contributed by atoms with Crippen LogP contribution < -0.4 is 0 Å². The molecular weight excluding hydrogens is 937 g/mol. The summed E-state index contributed by atoms with van der Waals surface area (Å²) >= 11 is 0. The third-order valence-corrected chi connectivity index (χ3v) is 14.4. The SMILES string of the molecule is CC/C=C\C/C=C\C/C=C\C/C=C\CCCCCCCCCCCCC(=O)OCC(COC(=O)CCCCCCC/C=C\C/C=C\CCC)OC(=O)CCCCCCCCCCCCCCCCCCCCCCCC. The molecule has 0 N–H and O–H groups in total. The summed E-state index contributed by atoms with van der Waals surface area (Å²) in [6.45, 7) is 6.50. The molecule has 0 aliphatic rings. The molecule has 6 heteroatoms. The van der Waals surface area contributed by atoms with Gasteiger partial charge in [0.1, 0.15) is 13.2 Å². The summed E-state index contributed by atoms with van der Waals surface area (Å²) in [5.74, 6) is -0.879. The molecule has 0 heterocycles. The lowest BCUT2D eigenvalue weighted by Gasteiger charge is -2.18. The van der Waals surface area contributed by atoms with Crippen LogP contribution >= 0.6 is 0 Å². The van der Waals surface area contributed by atoms with E-state index in [2.05, 4.69) is 93.7 Å². The lowest BCUT2D eigenvalue weighted by Crippen LogP contribution is -2.30. The van der Waals surface area contributed by atoms with Crippen LogP contribution in [-0.4, -0.2) is 37.2 Å². The van der Waals surface area contributed by atoms with Crippen LogP contribution in [-0.2, 0) is 28.6 Å². The first-order valence-electron chi connectivity index (χ1n) is 32.9. The Labute approximate surface area is 472 Å². The highest BCUT2D eigenvalue weighted by Crippen LogP contribution is 2.18. The molecule has 440 valence electrons. The van der Waals surface area contributed by atoms with Gasteiger partial charge in [-0.2, -0.15) is 0 Å². The van der Waals surface area contributed by atoms with Crippen molar-refractivity contribution in [3.05, 3.63) is 72.9 Å². The average molecular weight is 1060 g/mol. The van der Waals surface area contributed by atoms with E-state index in [-0.39, 0.29) is 31.1 Å². The van der Waals surface area contributed by atoms with Crippen molar-refractivity contribution in [1.82, 2.24) is 0 Å². The van der Waals surface area contributed by atoms with Crippen molar-refractivity contribution >= 4 is 17.9 Å². The van der Waals surface area contributed by atoms with Gasteiger partial charge in [-0.15, -0.1) is 0 Å². The predicted octanol–water partition coefficient (Wildman–Crippen LogP) is 22.5. The zero-order chi connectivity index (χ0) is 55.0. The van der Waals surface area contributed by atoms with Crippen LogP contribution in [0.2, 0.25) is 0 Å². The van der Waals surface area contributed by atoms with Gasteiger partial charge in [-0.25, -0.2) is 0 Å². The minimum Gasteiger partial charge on any atom is -0.462 e. The molecule has 0 saturated heterocycles. The van der Waals surface area contributed by atoms with Crippen molar-refractivity contribution in [2.75, 3.05) is 13.2 Å². The number of esters is 3. The highest BCUT2D eigenvalue weighted by Gasteiger charge is 2.19. The standard InChI is InChI=1S/C70H124O6/c1-4-7-10-13-16-19-22-25-27-29-31-33-35-37-38-40-42-45-48-51-54-57-60-63-69(72)75-66-67(65-74-68(71)62-59-56-53-50-47-44-24-21-18-15-12-9-6-3)76-70(73)64-61-58-55-52-49-46-43-41-39-36-34-32-30-28-26-23-20-17-14-11-8-5-2/h7,10,12,15-16,19,21,24-25,27,31,33,67H,4-6,8-9,11,13-14,17-18,20,22-23,26,28-30,32,34-66H2,1-3H3/b10-7-,15-12-,19-16-,24-21-,27-25-,33-31-. The number of carbonyl (C=O) groups excluding carboxylic acids is 3. The predicted molar refractivity (Wildman–Crippen MR) is 330 cm³/mol. The van der Waals surface area contributed by atoms with Gasteiger partial charge in [0.2, 0.25) is 0 Å². The smallest absolute Gasteiger partial charge is 0.306 e. The van der Waals surface area contributed by atoms with Crippen LogP contribution in [0.1, 0.15) is 335 Å².